The highest BCUT2D eigenvalue weighted by molar-refractivity contribution is 6.35. The number of nitrogens with zero attached hydrogens (tertiary/aromatic N) is 1. The standard InChI is InChI=1S/C26H31Cl2NO4/c1-25(2,3)33-24(30)9-12-29-13-10-26(11-14-29)17-32-23-15-18(7-8-20(23)26)31-16-19-21(27)5-4-6-22(19)28/h4-8,15H,9-14,16-17H2,1-3H3. The molecule has 2 heterocycles. The monoisotopic (exact) mass is 491 g/mol. The van der Waals surface area contributed by atoms with Crippen LogP contribution in [0.2, 0.25) is 10.0 Å². The van der Waals surface area contributed by atoms with Crippen LogP contribution in [-0.2, 0) is 21.6 Å². The molecule has 2 aromatic carbocycles. The lowest BCUT2D eigenvalue weighted by Gasteiger charge is -2.38. The number of esters is 1. The quantitative estimate of drug-likeness (QED) is 0.461. The van der Waals surface area contributed by atoms with E-state index in [4.69, 9.17) is 37.4 Å². The summed E-state index contributed by atoms with van der Waals surface area (Å²) in [5.74, 6) is 1.49. The Bertz CT molecular complexity index is 990. The minimum Gasteiger partial charge on any atom is -0.492 e. The summed E-state index contributed by atoms with van der Waals surface area (Å²) >= 11 is 12.5. The lowest BCUT2D eigenvalue weighted by molar-refractivity contribution is -0.155. The number of halogens is 2. The molecule has 1 saturated heterocycles. The minimum absolute atomic E-state index is 0.0301. The van der Waals surface area contributed by atoms with Crippen LogP contribution in [0.5, 0.6) is 11.5 Å². The van der Waals surface area contributed by atoms with E-state index in [0.717, 1.165) is 49.5 Å². The van der Waals surface area contributed by atoms with Crippen LogP contribution in [0.3, 0.4) is 0 Å². The Morgan fingerprint density at radius 3 is 2.48 bits per heavy atom. The maximum absolute atomic E-state index is 12.0. The molecule has 0 unspecified atom stereocenters. The maximum atomic E-state index is 12.0. The SMILES string of the molecule is CC(C)(C)OC(=O)CCN1CCC2(CC1)COc1cc(OCc3c(Cl)cccc3Cl)ccc12. The third-order valence-corrected chi connectivity index (χ3v) is 7.05. The van der Waals surface area contributed by atoms with Gasteiger partial charge in [0.05, 0.1) is 13.0 Å². The molecular weight excluding hydrogens is 461 g/mol. The Labute approximate surface area is 205 Å². The Balaban J connectivity index is 1.33. The van der Waals surface area contributed by atoms with Gasteiger partial charge in [0.15, 0.2) is 0 Å². The Hall–Kier alpha value is -1.95. The lowest BCUT2D eigenvalue weighted by Crippen LogP contribution is -2.44. The van der Waals surface area contributed by atoms with Gasteiger partial charge < -0.3 is 19.1 Å². The number of hydrogen-bond donors (Lipinski definition) is 0. The summed E-state index contributed by atoms with van der Waals surface area (Å²) in [6.07, 6.45) is 2.43. The highest BCUT2D eigenvalue weighted by atomic mass is 35.5. The predicted molar refractivity (Wildman–Crippen MR) is 131 cm³/mol. The number of ether oxygens (including phenoxy) is 3. The molecule has 33 heavy (non-hydrogen) atoms. The van der Waals surface area contributed by atoms with Crippen molar-refractivity contribution in [2.75, 3.05) is 26.2 Å². The van der Waals surface area contributed by atoms with Crippen molar-refractivity contribution in [1.29, 1.82) is 0 Å². The van der Waals surface area contributed by atoms with Crippen molar-refractivity contribution < 1.29 is 19.0 Å². The van der Waals surface area contributed by atoms with Gasteiger partial charge in [0.2, 0.25) is 0 Å². The Morgan fingerprint density at radius 1 is 1.12 bits per heavy atom. The van der Waals surface area contributed by atoms with Gasteiger partial charge in [0, 0.05) is 39.2 Å². The van der Waals surface area contributed by atoms with E-state index in [1.807, 2.05) is 51.1 Å². The van der Waals surface area contributed by atoms with Crippen molar-refractivity contribution in [1.82, 2.24) is 4.90 Å². The van der Waals surface area contributed by atoms with Crippen molar-refractivity contribution >= 4 is 29.2 Å². The van der Waals surface area contributed by atoms with Gasteiger partial charge in [-0.25, -0.2) is 0 Å². The van der Waals surface area contributed by atoms with Crippen molar-refractivity contribution in [3.05, 3.63) is 57.6 Å². The molecule has 5 nitrogen and oxygen atoms in total. The molecular formula is C26H31Cl2NO4. The number of fused-ring (bicyclic) bond motifs is 2. The molecule has 0 atom stereocenters. The molecule has 2 aromatic rings. The Morgan fingerprint density at radius 2 is 1.82 bits per heavy atom. The van der Waals surface area contributed by atoms with Crippen LogP contribution in [-0.4, -0.2) is 42.7 Å². The first-order chi connectivity index (χ1) is 15.7. The van der Waals surface area contributed by atoms with Gasteiger partial charge in [-0.2, -0.15) is 0 Å². The zero-order valence-corrected chi connectivity index (χ0v) is 21.0. The molecule has 0 saturated carbocycles. The zero-order valence-electron chi connectivity index (χ0n) is 19.5. The van der Waals surface area contributed by atoms with Crippen molar-refractivity contribution in [2.24, 2.45) is 0 Å². The number of piperidine rings is 1. The number of carbonyl (C=O) groups is 1. The summed E-state index contributed by atoms with van der Waals surface area (Å²) in [7, 11) is 0. The summed E-state index contributed by atoms with van der Waals surface area (Å²) in [5, 5.41) is 1.19. The fourth-order valence-electron chi connectivity index (χ4n) is 4.53. The van der Waals surface area contributed by atoms with E-state index in [0.29, 0.717) is 29.7 Å². The molecule has 0 amide bonds. The van der Waals surface area contributed by atoms with E-state index < -0.39 is 5.60 Å². The summed E-state index contributed by atoms with van der Waals surface area (Å²) in [6, 6.07) is 11.5. The van der Waals surface area contributed by atoms with Crippen LogP contribution < -0.4 is 9.47 Å². The van der Waals surface area contributed by atoms with Gasteiger partial charge in [-0.1, -0.05) is 35.3 Å². The summed E-state index contributed by atoms with van der Waals surface area (Å²) < 4.78 is 17.5. The van der Waals surface area contributed by atoms with Gasteiger partial charge in [-0.3, -0.25) is 4.79 Å². The molecule has 4 rings (SSSR count). The number of rotatable bonds is 6. The van der Waals surface area contributed by atoms with Crippen molar-refractivity contribution in [2.45, 2.75) is 57.7 Å². The molecule has 1 fully saturated rings. The van der Waals surface area contributed by atoms with E-state index in [2.05, 4.69) is 11.0 Å². The molecule has 0 aromatic heterocycles. The molecule has 0 radical (unpaired) electrons. The third-order valence-electron chi connectivity index (χ3n) is 6.34. The van der Waals surface area contributed by atoms with E-state index in [-0.39, 0.29) is 11.4 Å². The molecule has 178 valence electrons. The minimum atomic E-state index is -0.434. The van der Waals surface area contributed by atoms with Crippen molar-refractivity contribution in [3.8, 4) is 11.5 Å². The first-order valence-corrected chi connectivity index (χ1v) is 12.2. The van der Waals surface area contributed by atoms with E-state index in [1.165, 1.54) is 5.56 Å². The molecule has 0 aliphatic carbocycles. The number of likely N-dealkylation sites (tertiary alicyclic amines) is 1. The molecule has 1 spiro atoms. The first kappa shape index (κ1) is 24.2. The highest BCUT2D eigenvalue weighted by Gasteiger charge is 2.43. The summed E-state index contributed by atoms with van der Waals surface area (Å²) in [6.45, 7) is 9.29. The van der Waals surface area contributed by atoms with E-state index in [9.17, 15) is 4.79 Å². The first-order valence-electron chi connectivity index (χ1n) is 11.4. The van der Waals surface area contributed by atoms with Gasteiger partial charge in [0.1, 0.15) is 23.7 Å². The maximum Gasteiger partial charge on any atom is 0.307 e. The summed E-state index contributed by atoms with van der Waals surface area (Å²) in [4.78, 5) is 14.4. The molecule has 2 aliphatic rings. The normalized spacial score (nSPS) is 17.5. The van der Waals surface area contributed by atoms with Crippen LogP contribution in [0.1, 0.15) is 51.2 Å². The molecule has 0 bridgehead atoms. The second-order valence-electron chi connectivity index (χ2n) is 9.89. The zero-order chi connectivity index (χ0) is 23.6. The second kappa shape index (κ2) is 9.73. The molecule has 0 N–H and O–H groups in total. The van der Waals surface area contributed by atoms with Crippen LogP contribution in [0.4, 0.5) is 0 Å². The largest absolute Gasteiger partial charge is 0.492 e. The fourth-order valence-corrected chi connectivity index (χ4v) is 5.04. The second-order valence-corrected chi connectivity index (χ2v) is 10.7. The van der Waals surface area contributed by atoms with Gasteiger partial charge in [-0.05, 0) is 64.9 Å². The lowest BCUT2D eigenvalue weighted by atomic mass is 9.74. The third kappa shape index (κ3) is 5.76. The van der Waals surface area contributed by atoms with Gasteiger partial charge >= 0.3 is 5.97 Å². The van der Waals surface area contributed by atoms with Crippen LogP contribution in [0.15, 0.2) is 36.4 Å². The average Bonchev–Trinajstić information content (AvgIpc) is 3.09. The van der Waals surface area contributed by atoms with Crippen LogP contribution in [0.25, 0.3) is 0 Å². The number of hydrogen-bond acceptors (Lipinski definition) is 5. The van der Waals surface area contributed by atoms with Crippen molar-refractivity contribution in [3.63, 3.8) is 0 Å². The highest BCUT2D eigenvalue weighted by Crippen LogP contribution is 2.46. The van der Waals surface area contributed by atoms with Crippen LogP contribution >= 0.6 is 23.2 Å². The smallest absolute Gasteiger partial charge is 0.307 e. The van der Waals surface area contributed by atoms with E-state index >= 15 is 0 Å². The topological polar surface area (TPSA) is 48.0 Å². The van der Waals surface area contributed by atoms with Gasteiger partial charge in [-0.15, -0.1) is 0 Å². The summed E-state index contributed by atoms with van der Waals surface area (Å²) in [5.41, 5.74) is 1.62. The molecule has 7 heteroatoms. The van der Waals surface area contributed by atoms with Crippen LogP contribution in [0, 0.1) is 0 Å². The number of carbonyl (C=O) groups excluding carboxylic acids is 1. The van der Waals surface area contributed by atoms with Gasteiger partial charge in [0.25, 0.3) is 0 Å². The number of benzene rings is 2. The average molecular weight is 492 g/mol. The fraction of sp³-hybridized carbons (Fsp3) is 0.500. The predicted octanol–water partition coefficient (Wildman–Crippen LogP) is 6.03. The van der Waals surface area contributed by atoms with E-state index in [1.54, 1.807) is 0 Å². The Kier molecular flexibility index (Phi) is 7.13. The molecule has 2 aliphatic heterocycles.